The molecule has 0 unspecified atom stereocenters. The van der Waals surface area contributed by atoms with E-state index in [0.717, 1.165) is 24.0 Å². The molecule has 0 heterocycles. The first-order valence-corrected chi connectivity index (χ1v) is 7.09. The van der Waals surface area contributed by atoms with Crippen molar-refractivity contribution < 1.29 is 10.2 Å². The average molecular weight is 263 g/mol. The smallest absolute Gasteiger partial charge is 0.0919 e. The molecule has 1 aromatic carbocycles. The van der Waals surface area contributed by atoms with Crippen molar-refractivity contribution in [2.24, 2.45) is 5.92 Å². The number of benzene rings is 1. The fourth-order valence-electron chi connectivity index (χ4n) is 2.62. The maximum atomic E-state index is 10.3. The SMILES string of the molecule is Cc1ccc([C@@H](O)CN(C)C[C@@H](O)C2CC2)c(C)c1. The van der Waals surface area contributed by atoms with Gasteiger partial charge in [0.05, 0.1) is 12.2 Å². The normalized spacial score (nSPS) is 18.6. The molecule has 0 amide bonds. The number of hydrogen-bond donors (Lipinski definition) is 2. The Morgan fingerprint density at radius 1 is 1.21 bits per heavy atom. The molecule has 0 aliphatic heterocycles. The van der Waals surface area contributed by atoms with E-state index in [1.165, 1.54) is 5.56 Å². The highest BCUT2D eigenvalue weighted by Crippen LogP contribution is 2.32. The molecule has 19 heavy (non-hydrogen) atoms. The molecule has 0 saturated heterocycles. The van der Waals surface area contributed by atoms with Crippen molar-refractivity contribution in [1.29, 1.82) is 0 Å². The lowest BCUT2D eigenvalue weighted by molar-refractivity contribution is 0.0731. The van der Waals surface area contributed by atoms with E-state index < -0.39 is 6.10 Å². The van der Waals surface area contributed by atoms with Gasteiger partial charge in [0, 0.05) is 13.1 Å². The van der Waals surface area contributed by atoms with Gasteiger partial charge >= 0.3 is 0 Å². The van der Waals surface area contributed by atoms with Crippen molar-refractivity contribution in [3.63, 3.8) is 0 Å². The van der Waals surface area contributed by atoms with Gasteiger partial charge in [-0.25, -0.2) is 0 Å². The Bertz CT molecular complexity index is 429. The van der Waals surface area contributed by atoms with E-state index >= 15 is 0 Å². The summed E-state index contributed by atoms with van der Waals surface area (Å²) >= 11 is 0. The van der Waals surface area contributed by atoms with E-state index in [4.69, 9.17) is 0 Å². The van der Waals surface area contributed by atoms with Crippen LogP contribution in [0.1, 0.15) is 35.6 Å². The van der Waals surface area contributed by atoms with Crippen molar-refractivity contribution in [3.05, 3.63) is 34.9 Å². The Balaban J connectivity index is 1.90. The van der Waals surface area contributed by atoms with Crippen LogP contribution in [0.3, 0.4) is 0 Å². The molecule has 0 aromatic heterocycles. The monoisotopic (exact) mass is 263 g/mol. The molecule has 1 aliphatic rings. The van der Waals surface area contributed by atoms with Gasteiger partial charge in [0.25, 0.3) is 0 Å². The average Bonchev–Trinajstić information content (AvgIpc) is 3.11. The molecule has 1 aliphatic carbocycles. The zero-order chi connectivity index (χ0) is 14.0. The molecular weight excluding hydrogens is 238 g/mol. The van der Waals surface area contributed by atoms with Gasteiger partial charge in [0.15, 0.2) is 0 Å². The van der Waals surface area contributed by atoms with Gasteiger partial charge in [-0.1, -0.05) is 23.8 Å². The lowest BCUT2D eigenvalue weighted by Crippen LogP contribution is -2.33. The molecule has 0 radical (unpaired) electrons. The van der Waals surface area contributed by atoms with E-state index in [2.05, 4.69) is 13.0 Å². The minimum Gasteiger partial charge on any atom is -0.392 e. The third kappa shape index (κ3) is 4.03. The molecule has 2 N–H and O–H groups in total. The second-order valence-electron chi connectivity index (χ2n) is 6.00. The van der Waals surface area contributed by atoms with E-state index in [1.54, 1.807) is 0 Å². The number of aryl methyl sites for hydroxylation is 2. The zero-order valence-corrected chi connectivity index (χ0v) is 12.1. The van der Waals surface area contributed by atoms with Crippen LogP contribution in [0.25, 0.3) is 0 Å². The summed E-state index contributed by atoms with van der Waals surface area (Å²) in [6.45, 7) is 5.30. The summed E-state index contributed by atoms with van der Waals surface area (Å²) in [4.78, 5) is 2.02. The fraction of sp³-hybridized carbons (Fsp3) is 0.625. The highest BCUT2D eigenvalue weighted by Gasteiger charge is 2.30. The molecule has 1 fully saturated rings. The number of aliphatic hydroxyl groups is 2. The Kier molecular flexibility index (Phi) is 4.61. The molecule has 106 valence electrons. The van der Waals surface area contributed by atoms with Crippen LogP contribution in [-0.2, 0) is 0 Å². The van der Waals surface area contributed by atoms with Crippen LogP contribution in [0.15, 0.2) is 18.2 Å². The summed E-state index contributed by atoms with van der Waals surface area (Å²) in [5.74, 6) is 0.487. The summed E-state index contributed by atoms with van der Waals surface area (Å²) in [6, 6.07) is 6.13. The van der Waals surface area contributed by atoms with Crippen molar-refractivity contribution in [3.8, 4) is 0 Å². The van der Waals surface area contributed by atoms with Crippen LogP contribution < -0.4 is 0 Å². The molecular formula is C16H25NO2. The van der Waals surface area contributed by atoms with Gasteiger partial charge in [-0.15, -0.1) is 0 Å². The van der Waals surface area contributed by atoms with Gasteiger partial charge in [0.1, 0.15) is 0 Å². The van der Waals surface area contributed by atoms with E-state index in [9.17, 15) is 10.2 Å². The molecule has 0 bridgehead atoms. The molecule has 2 rings (SSSR count). The van der Waals surface area contributed by atoms with Gasteiger partial charge in [-0.3, -0.25) is 0 Å². The lowest BCUT2D eigenvalue weighted by Gasteiger charge is -2.24. The maximum Gasteiger partial charge on any atom is 0.0919 e. The predicted molar refractivity (Wildman–Crippen MR) is 77.1 cm³/mol. The van der Waals surface area contributed by atoms with Crippen molar-refractivity contribution in [2.75, 3.05) is 20.1 Å². The highest BCUT2D eigenvalue weighted by atomic mass is 16.3. The van der Waals surface area contributed by atoms with E-state index in [-0.39, 0.29) is 6.10 Å². The number of rotatable bonds is 6. The van der Waals surface area contributed by atoms with Crippen molar-refractivity contribution in [2.45, 2.75) is 38.9 Å². The van der Waals surface area contributed by atoms with Gasteiger partial charge in [-0.05, 0) is 50.8 Å². The summed E-state index contributed by atoms with van der Waals surface area (Å²) in [5.41, 5.74) is 3.33. The first-order chi connectivity index (χ1) is 8.97. The third-order valence-corrected chi connectivity index (χ3v) is 3.93. The third-order valence-electron chi connectivity index (χ3n) is 3.93. The number of likely N-dealkylation sites (N-methyl/N-ethyl adjacent to an activating group) is 1. The minimum atomic E-state index is -0.489. The second-order valence-corrected chi connectivity index (χ2v) is 6.00. The van der Waals surface area contributed by atoms with E-state index in [0.29, 0.717) is 19.0 Å². The van der Waals surface area contributed by atoms with Crippen LogP contribution in [0.2, 0.25) is 0 Å². The Morgan fingerprint density at radius 3 is 2.47 bits per heavy atom. The molecule has 1 saturated carbocycles. The Labute approximate surface area is 115 Å². The van der Waals surface area contributed by atoms with Gasteiger partial charge in [0.2, 0.25) is 0 Å². The minimum absolute atomic E-state index is 0.240. The highest BCUT2D eigenvalue weighted by molar-refractivity contribution is 5.32. The quantitative estimate of drug-likeness (QED) is 0.825. The maximum absolute atomic E-state index is 10.3. The number of hydrogen-bond acceptors (Lipinski definition) is 3. The summed E-state index contributed by atoms with van der Waals surface area (Å²) in [7, 11) is 1.96. The van der Waals surface area contributed by atoms with Gasteiger partial charge < -0.3 is 15.1 Å². The van der Waals surface area contributed by atoms with Crippen molar-refractivity contribution >= 4 is 0 Å². The lowest BCUT2D eigenvalue weighted by atomic mass is 10.0. The zero-order valence-electron chi connectivity index (χ0n) is 12.1. The first-order valence-electron chi connectivity index (χ1n) is 7.09. The van der Waals surface area contributed by atoms with Crippen LogP contribution in [0.5, 0.6) is 0 Å². The summed E-state index contributed by atoms with van der Waals surface area (Å²) < 4.78 is 0. The van der Waals surface area contributed by atoms with Crippen molar-refractivity contribution in [1.82, 2.24) is 4.90 Å². The first kappa shape index (κ1) is 14.5. The molecule has 3 nitrogen and oxygen atoms in total. The predicted octanol–water partition coefficient (Wildman–Crippen LogP) is 2.04. The van der Waals surface area contributed by atoms with E-state index in [1.807, 2.05) is 31.0 Å². The van der Waals surface area contributed by atoms with Crippen LogP contribution in [0, 0.1) is 19.8 Å². The molecule has 1 aromatic rings. The summed E-state index contributed by atoms with van der Waals surface area (Å²) in [5, 5.41) is 20.2. The summed E-state index contributed by atoms with van der Waals surface area (Å²) in [6.07, 6.45) is 1.57. The molecule has 2 atom stereocenters. The van der Waals surface area contributed by atoms with Crippen LogP contribution >= 0.6 is 0 Å². The Morgan fingerprint density at radius 2 is 1.89 bits per heavy atom. The molecule has 3 heteroatoms. The second kappa shape index (κ2) is 6.04. The number of aliphatic hydroxyl groups excluding tert-OH is 2. The topological polar surface area (TPSA) is 43.7 Å². The standard InChI is InChI=1S/C16H25NO2/c1-11-4-7-14(12(2)8-11)16(19)10-17(3)9-15(18)13-5-6-13/h4,7-8,13,15-16,18-19H,5-6,9-10H2,1-3H3/t15-,16+/m1/s1. The Hall–Kier alpha value is -0.900. The molecule has 0 spiro atoms. The van der Waals surface area contributed by atoms with Crippen LogP contribution in [0.4, 0.5) is 0 Å². The largest absolute Gasteiger partial charge is 0.392 e. The van der Waals surface area contributed by atoms with Crippen LogP contribution in [-0.4, -0.2) is 41.4 Å². The van der Waals surface area contributed by atoms with Gasteiger partial charge in [-0.2, -0.15) is 0 Å². The fourth-order valence-corrected chi connectivity index (χ4v) is 2.62. The number of nitrogens with zero attached hydrogens (tertiary/aromatic N) is 1.